The number of carbonyl (C=O) groups excluding carboxylic acids is 2. The molecule has 2 aromatic rings. The lowest BCUT2D eigenvalue weighted by Gasteiger charge is -2.33. The topological polar surface area (TPSA) is 82.1 Å². The maximum Gasteiger partial charge on any atom is 0.416 e. The van der Waals surface area contributed by atoms with Gasteiger partial charge in [0.1, 0.15) is 5.82 Å². The summed E-state index contributed by atoms with van der Waals surface area (Å²) < 4.78 is 59.3. The first kappa shape index (κ1) is 22.5. The van der Waals surface area contributed by atoms with E-state index in [1.807, 2.05) is 0 Å². The Bertz CT molecular complexity index is 962. The number of ether oxygens (including phenoxy) is 1. The second-order valence-electron chi connectivity index (χ2n) is 6.76. The van der Waals surface area contributed by atoms with Crippen molar-refractivity contribution in [1.82, 2.24) is 10.4 Å². The molecular weight excluding hydrogens is 422 g/mol. The second-order valence-corrected chi connectivity index (χ2v) is 6.76. The average Bonchev–Trinajstić information content (AvgIpc) is 2.77. The van der Waals surface area contributed by atoms with Crippen molar-refractivity contribution in [3.05, 3.63) is 65.0 Å². The molecule has 0 unspecified atom stereocenters. The normalized spacial score (nSPS) is 14.3. The number of rotatable bonds is 4. The van der Waals surface area contributed by atoms with Crippen LogP contribution >= 0.6 is 0 Å². The largest absolute Gasteiger partial charge is 0.416 e. The number of hydroxylamine groups is 1. The number of hydrogen-bond donors (Lipinski definition) is 2. The fraction of sp³-hybridized carbons (Fsp3) is 0.300. The third-order valence-corrected chi connectivity index (χ3v) is 4.74. The minimum Gasteiger partial charge on any atom is -0.378 e. The summed E-state index contributed by atoms with van der Waals surface area (Å²) in [5.74, 6) is -1.78. The molecule has 1 aliphatic heterocycles. The van der Waals surface area contributed by atoms with Gasteiger partial charge in [-0.3, -0.25) is 14.9 Å². The number of carbonyl (C=O) groups is 2. The molecule has 0 radical (unpaired) electrons. The van der Waals surface area contributed by atoms with Crippen LogP contribution in [0.15, 0.2) is 42.5 Å². The highest BCUT2D eigenvalue weighted by Crippen LogP contribution is 2.32. The molecule has 2 N–H and O–H groups in total. The van der Waals surface area contributed by atoms with Crippen molar-refractivity contribution in [2.24, 2.45) is 0 Å². The molecule has 0 aromatic heterocycles. The number of urea groups is 1. The Morgan fingerprint density at radius 1 is 1.13 bits per heavy atom. The van der Waals surface area contributed by atoms with Gasteiger partial charge in [-0.2, -0.15) is 13.2 Å². The average molecular weight is 441 g/mol. The molecule has 0 saturated carbocycles. The van der Waals surface area contributed by atoms with E-state index in [2.05, 4.69) is 0 Å². The lowest BCUT2D eigenvalue weighted by Crippen LogP contribution is -2.48. The minimum absolute atomic E-state index is 0.0199. The Kier molecular flexibility index (Phi) is 6.76. The highest BCUT2D eigenvalue weighted by atomic mass is 19.4. The summed E-state index contributed by atoms with van der Waals surface area (Å²) in [5.41, 5.74) is 0.205. The number of benzene rings is 2. The van der Waals surface area contributed by atoms with Gasteiger partial charge < -0.3 is 9.64 Å². The van der Waals surface area contributed by atoms with Gasteiger partial charge in [-0.15, -0.1) is 0 Å². The van der Waals surface area contributed by atoms with Crippen LogP contribution in [0.5, 0.6) is 0 Å². The first-order valence-electron chi connectivity index (χ1n) is 9.25. The van der Waals surface area contributed by atoms with Gasteiger partial charge in [0, 0.05) is 29.9 Å². The summed E-state index contributed by atoms with van der Waals surface area (Å²) in [6, 6.07) is 6.93. The summed E-state index contributed by atoms with van der Waals surface area (Å²) in [4.78, 5) is 27.0. The Morgan fingerprint density at radius 2 is 1.84 bits per heavy atom. The van der Waals surface area contributed by atoms with E-state index in [-0.39, 0.29) is 49.7 Å². The Labute approximate surface area is 174 Å². The van der Waals surface area contributed by atoms with E-state index in [0.717, 1.165) is 23.1 Å². The zero-order valence-corrected chi connectivity index (χ0v) is 16.2. The summed E-state index contributed by atoms with van der Waals surface area (Å²) >= 11 is 0. The second kappa shape index (κ2) is 9.31. The van der Waals surface area contributed by atoms with Crippen LogP contribution in [0.3, 0.4) is 0 Å². The molecule has 0 spiro atoms. The first-order chi connectivity index (χ1) is 14.7. The van der Waals surface area contributed by atoms with Gasteiger partial charge in [0.2, 0.25) is 0 Å². The molecule has 31 heavy (non-hydrogen) atoms. The molecule has 11 heteroatoms. The van der Waals surface area contributed by atoms with Crippen LogP contribution in [0, 0.1) is 5.82 Å². The van der Waals surface area contributed by atoms with Crippen molar-refractivity contribution >= 4 is 17.6 Å². The van der Waals surface area contributed by atoms with Crippen LogP contribution in [0.4, 0.5) is 28.0 Å². The molecule has 166 valence electrons. The number of morpholine rings is 1. The molecule has 0 atom stereocenters. The van der Waals surface area contributed by atoms with E-state index in [1.165, 1.54) is 34.6 Å². The van der Waals surface area contributed by atoms with Crippen molar-refractivity contribution < 1.29 is 37.1 Å². The van der Waals surface area contributed by atoms with Crippen molar-refractivity contribution in [2.75, 3.05) is 31.2 Å². The third-order valence-electron chi connectivity index (χ3n) is 4.74. The van der Waals surface area contributed by atoms with Crippen LogP contribution in [0.25, 0.3) is 0 Å². The van der Waals surface area contributed by atoms with Crippen LogP contribution in [0.1, 0.15) is 21.5 Å². The SMILES string of the molecule is O=C(NO)c1ccc(CN(C(=O)N2CCOCC2)c2cccc(C(F)(F)F)c2)c(F)c1. The number of halogens is 4. The van der Waals surface area contributed by atoms with E-state index in [4.69, 9.17) is 9.94 Å². The predicted octanol–water partition coefficient (Wildman–Crippen LogP) is 3.42. The summed E-state index contributed by atoms with van der Waals surface area (Å²) in [6.07, 6.45) is -4.62. The monoisotopic (exact) mass is 441 g/mol. The van der Waals surface area contributed by atoms with E-state index in [0.29, 0.717) is 0 Å². The van der Waals surface area contributed by atoms with E-state index < -0.39 is 29.5 Å². The van der Waals surface area contributed by atoms with Gasteiger partial charge >= 0.3 is 12.2 Å². The standard InChI is InChI=1S/C20H19F4N3O4/c21-17-10-13(18(28)25-30)4-5-14(17)12-27(19(29)26-6-8-31-9-7-26)16-3-1-2-15(11-16)20(22,23)24/h1-5,10-11,30H,6-9,12H2,(H,25,28). The zero-order chi connectivity index (χ0) is 22.6. The van der Waals surface area contributed by atoms with Crippen molar-refractivity contribution in [2.45, 2.75) is 12.7 Å². The number of amides is 3. The van der Waals surface area contributed by atoms with Crippen molar-refractivity contribution in [3.8, 4) is 0 Å². The molecule has 3 rings (SSSR count). The molecule has 1 heterocycles. The Morgan fingerprint density at radius 3 is 2.45 bits per heavy atom. The third kappa shape index (κ3) is 5.30. The molecule has 1 fully saturated rings. The zero-order valence-electron chi connectivity index (χ0n) is 16.2. The van der Waals surface area contributed by atoms with Gasteiger partial charge in [0.15, 0.2) is 0 Å². The molecule has 3 amide bonds. The van der Waals surface area contributed by atoms with Crippen LogP contribution in [-0.2, 0) is 17.5 Å². The highest BCUT2D eigenvalue weighted by molar-refractivity contribution is 5.94. The quantitative estimate of drug-likeness (QED) is 0.433. The minimum atomic E-state index is -4.62. The molecular formula is C20H19F4N3O4. The van der Waals surface area contributed by atoms with Crippen LogP contribution in [0.2, 0.25) is 0 Å². The Hall–Kier alpha value is -3.18. The van der Waals surface area contributed by atoms with Crippen LogP contribution < -0.4 is 10.4 Å². The molecule has 0 aliphatic carbocycles. The fourth-order valence-electron chi connectivity index (χ4n) is 3.10. The smallest absolute Gasteiger partial charge is 0.378 e. The number of alkyl halides is 3. The van der Waals surface area contributed by atoms with Gasteiger partial charge in [0.05, 0.1) is 25.3 Å². The number of anilines is 1. The highest BCUT2D eigenvalue weighted by Gasteiger charge is 2.32. The molecule has 1 saturated heterocycles. The number of nitrogens with one attached hydrogen (secondary N) is 1. The van der Waals surface area contributed by atoms with E-state index >= 15 is 0 Å². The van der Waals surface area contributed by atoms with Gasteiger partial charge in [-0.25, -0.2) is 14.7 Å². The maximum absolute atomic E-state index is 14.6. The molecule has 0 bridgehead atoms. The van der Waals surface area contributed by atoms with Gasteiger partial charge in [0.25, 0.3) is 5.91 Å². The molecule has 2 aromatic carbocycles. The first-order valence-corrected chi connectivity index (χ1v) is 9.25. The molecule has 7 nitrogen and oxygen atoms in total. The van der Waals surface area contributed by atoms with Gasteiger partial charge in [-0.1, -0.05) is 12.1 Å². The van der Waals surface area contributed by atoms with E-state index in [1.54, 1.807) is 0 Å². The van der Waals surface area contributed by atoms with Crippen molar-refractivity contribution in [3.63, 3.8) is 0 Å². The summed E-state index contributed by atoms with van der Waals surface area (Å²) in [5, 5.41) is 8.67. The predicted molar refractivity (Wildman–Crippen MR) is 101 cm³/mol. The number of nitrogens with zero attached hydrogens (tertiary/aromatic N) is 2. The lowest BCUT2D eigenvalue weighted by molar-refractivity contribution is -0.137. The van der Waals surface area contributed by atoms with Crippen molar-refractivity contribution in [1.29, 1.82) is 0 Å². The van der Waals surface area contributed by atoms with E-state index in [9.17, 15) is 27.2 Å². The summed E-state index contributed by atoms with van der Waals surface area (Å²) in [7, 11) is 0. The Balaban J connectivity index is 1.97. The van der Waals surface area contributed by atoms with Gasteiger partial charge in [-0.05, 0) is 30.3 Å². The number of hydrogen-bond acceptors (Lipinski definition) is 4. The fourth-order valence-corrected chi connectivity index (χ4v) is 3.10. The maximum atomic E-state index is 14.6. The lowest BCUT2D eigenvalue weighted by atomic mass is 10.1. The molecule has 1 aliphatic rings. The summed E-state index contributed by atoms with van der Waals surface area (Å²) in [6.45, 7) is 0.673. The van der Waals surface area contributed by atoms with Crippen LogP contribution in [-0.4, -0.2) is 48.3 Å².